The zero-order valence-electron chi connectivity index (χ0n) is 17.4. The van der Waals surface area contributed by atoms with Crippen LogP contribution in [-0.4, -0.2) is 20.1 Å². The molecule has 4 rings (SSSR count). The van der Waals surface area contributed by atoms with Gasteiger partial charge in [-0.2, -0.15) is 10.2 Å². The second-order valence-electron chi connectivity index (χ2n) is 6.75. The van der Waals surface area contributed by atoms with E-state index in [4.69, 9.17) is 13.9 Å². The summed E-state index contributed by atoms with van der Waals surface area (Å²) < 4.78 is 15.5. The first-order chi connectivity index (χ1) is 15.6. The third kappa shape index (κ3) is 4.65. The topological polar surface area (TPSA) is 102 Å². The number of anilines is 1. The number of hydrogen-bond acceptors (Lipinski definition) is 7. The van der Waals surface area contributed by atoms with Gasteiger partial charge in [-0.25, -0.2) is 4.79 Å². The van der Waals surface area contributed by atoms with E-state index in [1.165, 1.54) is 6.07 Å². The average molecular weight is 429 g/mol. The van der Waals surface area contributed by atoms with Crippen molar-refractivity contribution in [3.63, 3.8) is 0 Å². The first kappa shape index (κ1) is 20.8. The van der Waals surface area contributed by atoms with Crippen LogP contribution in [0.3, 0.4) is 0 Å². The number of nitrogens with one attached hydrogen (secondary N) is 1. The molecular weight excluding hydrogens is 410 g/mol. The van der Waals surface area contributed by atoms with Gasteiger partial charge < -0.3 is 19.2 Å². The van der Waals surface area contributed by atoms with Gasteiger partial charge in [-0.1, -0.05) is 0 Å². The highest BCUT2D eigenvalue weighted by molar-refractivity contribution is 6.05. The molecule has 0 bridgehead atoms. The first-order valence-corrected chi connectivity index (χ1v) is 9.65. The first-order valence-electron chi connectivity index (χ1n) is 9.65. The van der Waals surface area contributed by atoms with Gasteiger partial charge in [0.1, 0.15) is 22.6 Å². The lowest BCUT2D eigenvalue weighted by atomic mass is 10.1. The summed E-state index contributed by atoms with van der Waals surface area (Å²) in [5.74, 6) is 0.811. The van der Waals surface area contributed by atoms with Crippen molar-refractivity contribution in [1.29, 1.82) is 0 Å². The summed E-state index contributed by atoms with van der Waals surface area (Å²) in [6, 6.07) is 20.4. The van der Waals surface area contributed by atoms with Crippen molar-refractivity contribution in [2.24, 2.45) is 10.2 Å². The van der Waals surface area contributed by atoms with Crippen molar-refractivity contribution in [1.82, 2.24) is 0 Å². The molecule has 32 heavy (non-hydrogen) atoms. The third-order valence-electron chi connectivity index (χ3n) is 4.66. The lowest BCUT2D eigenvalue weighted by Crippen LogP contribution is -2.20. The van der Waals surface area contributed by atoms with Crippen molar-refractivity contribution in [3.05, 3.63) is 88.8 Å². The van der Waals surface area contributed by atoms with Crippen molar-refractivity contribution in [2.45, 2.75) is 0 Å². The molecule has 0 aliphatic carbocycles. The molecule has 0 atom stereocenters. The van der Waals surface area contributed by atoms with E-state index in [2.05, 4.69) is 15.5 Å². The number of ether oxygens (including phenoxy) is 2. The van der Waals surface area contributed by atoms with E-state index in [9.17, 15) is 9.59 Å². The zero-order valence-corrected chi connectivity index (χ0v) is 17.4. The van der Waals surface area contributed by atoms with Gasteiger partial charge >= 0.3 is 5.63 Å². The van der Waals surface area contributed by atoms with Gasteiger partial charge in [0.15, 0.2) is 0 Å². The van der Waals surface area contributed by atoms with E-state index in [-0.39, 0.29) is 5.56 Å². The quantitative estimate of drug-likeness (QED) is 0.323. The minimum atomic E-state index is -0.726. The molecule has 0 fully saturated rings. The summed E-state index contributed by atoms with van der Waals surface area (Å²) in [5, 5.41) is 11.6. The molecule has 1 aromatic heterocycles. The van der Waals surface area contributed by atoms with E-state index >= 15 is 0 Å². The Morgan fingerprint density at radius 2 is 1.41 bits per heavy atom. The van der Waals surface area contributed by atoms with Gasteiger partial charge in [-0.15, -0.1) is 0 Å². The molecule has 8 nitrogen and oxygen atoms in total. The van der Waals surface area contributed by atoms with Crippen LogP contribution in [0.1, 0.15) is 10.4 Å². The van der Waals surface area contributed by atoms with Crippen LogP contribution < -0.4 is 20.4 Å². The molecule has 8 heteroatoms. The Morgan fingerprint density at radius 3 is 2.06 bits per heavy atom. The molecule has 160 valence electrons. The Hall–Kier alpha value is -4.46. The minimum Gasteiger partial charge on any atom is -0.497 e. The predicted octanol–water partition coefficient (Wildman–Crippen LogP) is 5.48. The number of azo groups is 1. The second-order valence-corrected chi connectivity index (χ2v) is 6.75. The number of carbonyl (C=O) groups is 1. The lowest BCUT2D eigenvalue weighted by molar-refractivity contribution is 0.102. The number of amides is 1. The summed E-state index contributed by atoms with van der Waals surface area (Å²) in [6.45, 7) is 0. The summed E-state index contributed by atoms with van der Waals surface area (Å²) in [6.07, 6.45) is 0. The number of methoxy groups -OCH3 is 2. The standard InChI is InChI=1S/C24H19N3O5/c1-30-19-8-3-16(4-9-19)25-23(28)21-14-15-13-18(7-12-22(15)32-24(21)29)27-26-17-5-10-20(31-2)11-6-17/h3-14H,1-2H3,(H,25,28). The maximum absolute atomic E-state index is 12.6. The maximum Gasteiger partial charge on any atom is 0.349 e. The average Bonchev–Trinajstić information content (AvgIpc) is 2.83. The lowest BCUT2D eigenvalue weighted by Gasteiger charge is -2.06. The molecule has 1 N–H and O–H groups in total. The van der Waals surface area contributed by atoms with E-state index in [1.54, 1.807) is 80.9 Å². The van der Waals surface area contributed by atoms with Crippen LogP contribution in [0.25, 0.3) is 11.0 Å². The highest BCUT2D eigenvalue weighted by Gasteiger charge is 2.14. The molecule has 0 unspecified atom stereocenters. The van der Waals surface area contributed by atoms with Gasteiger partial charge in [0.05, 0.1) is 25.6 Å². The van der Waals surface area contributed by atoms with Gasteiger partial charge in [-0.05, 0) is 72.8 Å². The monoisotopic (exact) mass is 429 g/mol. The third-order valence-corrected chi connectivity index (χ3v) is 4.66. The van der Waals surface area contributed by atoms with Crippen LogP contribution in [0.5, 0.6) is 11.5 Å². The molecule has 0 saturated heterocycles. The van der Waals surface area contributed by atoms with Crippen LogP contribution in [-0.2, 0) is 0 Å². The van der Waals surface area contributed by atoms with Crippen LogP contribution in [0, 0.1) is 0 Å². The molecule has 0 radical (unpaired) electrons. The Kier molecular flexibility index (Phi) is 5.94. The highest BCUT2D eigenvalue weighted by atomic mass is 16.5. The fourth-order valence-electron chi connectivity index (χ4n) is 2.97. The maximum atomic E-state index is 12.6. The molecule has 1 heterocycles. The Labute approximate surface area is 183 Å². The molecular formula is C24H19N3O5. The Morgan fingerprint density at radius 1 is 0.812 bits per heavy atom. The molecule has 1 amide bonds. The van der Waals surface area contributed by atoms with Crippen molar-refractivity contribution < 1.29 is 18.7 Å². The molecule has 3 aromatic carbocycles. The second kappa shape index (κ2) is 9.13. The SMILES string of the molecule is COc1ccc(N=Nc2ccc3oc(=O)c(C(=O)Nc4ccc(OC)cc4)cc3c2)cc1. The number of fused-ring (bicyclic) bond motifs is 1. The highest BCUT2D eigenvalue weighted by Crippen LogP contribution is 2.25. The Bertz CT molecular complexity index is 1340. The van der Waals surface area contributed by atoms with Crippen LogP contribution in [0.4, 0.5) is 17.1 Å². The van der Waals surface area contributed by atoms with Crippen LogP contribution >= 0.6 is 0 Å². The fraction of sp³-hybridized carbons (Fsp3) is 0.0833. The Balaban J connectivity index is 1.58. The number of nitrogens with zero attached hydrogens (tertiary/aromatic N) is 2. The van der Waals surface area contributed by atoms with Gasteiger partial charge in [0.2, 0.25) is 0 Å². The summed E-state index contributed by atoms with van der Waals surface area (Å²) in [4.78, 5) is 24.9. The molecule has 0 aliphatic heterocycles. The zero-order chi connectivity index (χ0) is 22.5. The normalized spacial score (nSPS) is 10.9. The molecule has 4 aromatic rings. The summed E-state index contributed by atoms with van der Waals surface area (Å²) in [7, 11) is 3.15. The van der Waals surface area contributed by atoms with Crippen LogP contribution in [0.2, 0.25) is 0 Å². The largest absolute Gasteiger partial charge is 0.497 e. The molecule has 0 spiro atoms. The van der Waals surface area contributed by atoms with E-state index < -0.39 is 11.5 Å². The fourth-order valence-corrected chi connectivity index (χ4v) is 2.97. The van der Waals surface area contributed by atoms with Gasteiger partial charge in [-0.3, -0.25) is 4.79 Å². The van der Waals surface area contributed by atoms with Crippen molar-refractivity contribution >= 4 is 33.9 Å². The van der Waals surface area contributed by atoms with E-state index in [0.29, 0.717) is 33.8 Å². The number of rotatable bonds is 6. The molecule has 0 saturated carbocycles. The van der Waals surface area contributed by atoms with Crippen molar-refractivity contribution in [3.8, 4) is 11.5 Å². The molecule has 0 aliphatic rings. The minimum absolute atomic E-state index is 0.113. The van der Waals surface area contributed by atoms with Crippen molar-refractivity contribution in [2.75, 3.05) is 19.5 Å². The van der Waals surface area contributed by atoms with Gasteiger partial charge in [0, 0.05) is 11.1 Å². The smallest absolute Gasteiger partial charge is 0.349 e. The van der Waals surface area contributed by atoms with E-state index in [1.807, 2.05) is 0 Å². The number of hydrogen-bond donors (Lipinski definition) is 1. The van der Waals surface area contributed by atoms with Gasteiger partial charge in [0.25, 0.3) is 5.91 Å². The number of carbonyl (C=O) groups excluding carboxylic acids is 1. The predicted molar refractivity (Wildman–Crippen MR) is 121 cm³/mol. The summed E-state index contributed by atoms with van der Waals surface area (Å²) >= 11 is 0. The van der Waals surface area contributed by atoms with E-state index in [0.717, 1.165) is 5.75 Å². The van der Waals surface area contributed by atoms with Crippen LogP contribution in [0.15, 0.2) is 92.2 Å². The summed E-state index contributed by atoms with van der Waals surface area (Å²) in [5.41, 5.74) is 1.24. The number of benzene rings is 3.